The van der Waals surface area contributed by atoms with Crippen LogP contribution < -0.4 is 5.32 Å². The first-order valence-electron chi connectivity index (χ1n) is 6.18. The largest absolute Gasteiger partial charge is 0.382 e. The number of ether oxygens (including phenoxy) is 4. The molecule has 0 fully saturated rings. The van der Waals surface area contributed by atoms with Gasteiger partial charge in [0.05, 0.1) is 26.4 Å². The van der Waals surface area contributed by atoms with Crippen molar-refractivity contribution >= 4 is 0 Å². The Hall–Kier alpha value is -0.200. The van der Waals surface area contributed by atoms with E-state index in [0.717, 1.165) is 39.1 Å². The van der Waals surface area contributed by atoms with Crippen LogP contribution in [0.2, 0.25) is 0 Å². The number of rotatable bonds is 14. The second-order valence-corrected chi connectivity index (χ2v) is 3.59. The van der Waals surface area contributed by atoms with E-state index in [9.17, 15) is 0 Å². The van der Waals surface area contributed by atoms with Crippen LogP contribution in [0, 0.1) is 0 Å². The molecule has 1 radical (unpaired) electrons. The van der Waals surface area contributed by atoms with E-state index in [1.807, 2.05) is 0 Å². The summed E-state index contributed by atoms with van der Waals surface area (Å²) in [5.74, 6) is 0. The smallest absolute Gasteiger partial charge is 0.0700 e. The van der Waals surface area contributed by atoms with Gasteiger partial charge in [-0.05, 0) is 12.8 Å². The molecule has 0 aliphatic rings. The Kier molecular flexibility index (Phi) is 15.6. The average molecular weight is 248 g/mol. The van der Waals surface area contributed by atoms with E-state index >= 15 is 0 Å². The zero-order valence-electron chi connectivity index (χ0n) is 11.2. The Bertz CT molecular complexity index is 122. The van der Waals surface area contributed by atoms with Crippen molar-refractivity contribution in [3.05, 3.63) is 0 Å². The van der Waals surface area contributed by atoms with Gasteiger partial charge in [0.25, 0.3) is 0 Å². The molecule has 0 amide bonds. The first-order chi connectivity index (χ1) is 8.41. The third kappa shape index (κ3) is 15.8. The predicted octanol–water partition coefficient (Wildman–Crippen LogP) is 0.697. The van der Waals surface area contributed by atoms with E-state index < -0.39 is 0 Å². The van der Waals surface area contributed by atoms with Crippen LogP contribution in [0.3, 0.4) is 0 Å². The quantitative estimate of drug-likeness (QED) is 0.425. The Morgan fingerprint density at radius 3 is 1.53 bits per heavy atom. The standard InChI is InChI=1S/C12H26NO4/c1-14-9-11-16-7-3-5-13-6-4-8-17-12-10-15-2/h3-12H2,1-2H3. The molecule has 103 valence electrons. The van der Waals surface area contributed by atoms with Gasteiger partial charge in [0, 0.05) is 40.5 Å². The minimum atomic E-state index is 0.663. The number of methoxy groups -OCH3 is 2. The molecule has 0 atom stereocenters. The Morgan fingerprint density at radius 1 is 0.647 bits per heavy atom. The van der Waals surface area contributed by atoms with Crippen LogP contribution in [0.4, 0.5) is 0 Å². The molecule has 0 aliphatic heterocycles. The van der Waals surface area contributed by atoms with Crippen LogP contribution in [0.1, 0.15) is 12.8 Å². The fraction of sp³-hybridized carbons (Fsp3) is 1.00. The van der Waals surface area contributed by atoms with Crippen LogP contribution in [0.15, 0.2) is 0 Å². The Balaban J connectivity index is 2.85. The highest BCUT2D eigenvalue weighted by atomic mass is 16.5. The maximum atomic E-state index is 5.32. The van der Waals surface area contributed by atoms with E-state index in [0.29, 0.717) is 26.4 Å². The lowest BCUT2D eigenvalue weighted by Gasteiger charge is -2.05. The Morgan fingerprint density at radius 2 is 1.12 bits per heavy atom. The van der Waals surface area contributed by atoms with Crippen molar-refractivity contribution in [2.24, 2.45) is 0 Å². The Labute approximate surface area is 105 Å². The van der Waals surface area contributed by atoms with E-state index in [1.54, 1.807) is 14.2 Å². The molecule has 0 saturated heterocycles. The molecule has 0 unspecified atom stereocenters. The highest BCUT2D eigenvalue weighted by molar-refractivity contribution is 4.47. The molecular weight excluding hydrogens is 222 g/mol. The molecule has 0 bridgehead atoms. The van der Waals surface area contributed by atoms with Gasteiger partial charge in [-0.3, -0.25) is 0 Å². The molecule has 17 heavy (non-hydrogen) atoms. The van der Waals surface area contributed by atoms with Gasteiger partial charge in [0.1, 0.15) is 0 Å². The summed E-state index contributed by atoms with van der Waals surface area (Å²) in [4.78, 5) is 0. The van der Waals surface area contributed by atoms with Crippen molar-refractivity contribution in [2.75, 3.05) is 67.0 Å². The number of hydrogen-bond donors (Lipinski definition) is 0. The minimum Gasteiger partial charge on any atom is -0.382 e. The molecule has 0 rings (SSSR count). The van der Waals surface area contributed by atoms with Crippen molar-refractivity contribution in [3.8, 4) is 0 Å². The van der Waals surface area contributed by atoms with Crippen molar-refractivity contribution in [1.29, 1.82) is 0 Å². The third-order valence-corrected chi connectivity index (χ3v) is 2.07. The summed E-state index contributed by atoms with van der Waals surface area (Å²) in [5.41, 5.74) is 0. The zero-order chi connectivity index (χ0) is 12.6. The molecule has 0 aromatic carbocycles. The molecule has 5 heteroatoms. The van der Waals surface area contributed by atoms with Gasteiger partial charge >= 0.3 is 0 Å². The normalized spacial score (nSPS) is 10.9. The molecule has 0 N–H and O–H groups in total. The summed E-state index contributed by atoms with van der Waals surface area (Å²) in [6, 6.07) is 0. The predicted molar refractivity (Wildman–Crippen MR) is 66.5 cm³/mol. The van der Waals surface area contributed by atoms with Gasteiger partial charge in [-0.25, -0.2) is 5.32 Å². The van der Waals surface area contributed by atoms with Crippen LogP contribution in [0.25, 0.3) is 0 Å². The molecule has 0 spiro atoms. The molecular formula is C12H26NO4. The second-order valence-electron chi connectivity index (χ2n) is 3.59. The lowest BCUT2D eigenvalue weighted by atomic mass is 10.4. The van der Waals surface area contributed by atoms with Gasteiger partial charge in [-0.1, -0.05) is 0 Å². The van der Waals surface area contributed by atoms with Crippen LogP contribution in [-0.2, 0) is 18.9 Å². The fourth-order valence-corrected chi connectivity index (χ4v) is 1.16. The highest BCUT2D eigenvalue weighted by Crippen LogP contribution is 1.85. The summed E-state index contributed by atoms with van der Waals surface area (Å²) >= 11 is 0. The van der Waals surface area contributed by atoms with Crippen molar-refractivity contribution in [1.82, 2.24) is 5.32 Å². The first kappa shape index (κ1) is 16.8. The number of nitrogens with zero attached hydrogens (tertiary/aromatic N) is 1. The van der Waals surface area contributed by atoms with E-state index in [1.165, 1.54) is 0 Å². The monoisotopic (exact) mass is 248 g/mol. The van der Waals surface area contributed by atoms with E-state index in [-0.39, 0.29) is 0 Å². The van der Waals surface area contributed by atoms with Gasteiger partial charge in [0.2, 0.25) is 0 Å². The topological polar surface area (TPSA) is 51.0 Å². The zero-order valence-corrected chi connectivity index (χ0v) is 11.2. The van der Waals surface area contributed by atoms with E-state index in [4.69, 9.17) is 18.9 Å². The van der Waals surface area contributed by atoms with Crippen molar-refractivity contribution in [3.63, 3.8) is 0 Å². The molecule has 5 nitrogen and oxygen atoms in total. The van der Waals surface area contributed by atoms with Crippen LogP contribution in [-0.4, -0.2) is 67.0 Å². The van der Waals surface area contributed by atoms with Crippen LogP contribution >= 0.6 is 0 Å². The highest BCUT2D eigenvalue weighted by Gasteiger charge is 1.92. The lowest BCUT2D eigenvalue weighted by molar-refractivity contribution is 0.0671. The summed E-state index contributed by atoms with van der Waals surface area (Å²) < 4.78 is 20.4. The summed E-state index contributed by atoms with van der Waals surface area (Å²) in [6.45, 7) is 5.92. The van der Waals surface area contributed by atoms with E-state index in [2.05, 4.69) is 5.32 Å². The van der Waals surface area contributed by atoms with Crippen LogP contribution in [0.5, 0.6) is 0 Å². The number of hydrogen-bond acceptors (Lipinski definition) is 4. The maximum Gasteiger partial charge on any atom is 0.0700 e. The second kappa shape index (κ2) is 15.8. The molecule has 0 saturated carbocycles. The third-order valence-electron chi connectivity index (χ3n) is 2.07. The first-order valence-corrected chi connectivity index (χ1v) is 6.18. The fourth-order valence-electron chi connectivity index (χ4n) is 1.16. The average Bonchev–Trinajstić information content (AvgIpc) is 2.35. The SMILES string of the molecule is COCCOCCC[N]CCCOCCOC. The lowest BCUT2D eigenvalue weighted by Crippen LogP contribution is -2.14. The maximum absolute atomic E-state index is 5.32. The summed E-state index contributed by atoms with van der Waals surface area (Å²) in [6.07, 6.45) is 1.96. The molecule has 0 aromatic rings. The minimum absolute atomic E-state index is 0.663. The van der Waals surface area contributed by atoms with Crippen molar-refractivity contribution < 1.29 is 18.9 Å². The van der Waals surface area contributed by atoms with Crippen molar-refractivity contribution in [2.45, 2.75) is 12.8 Å². The van der Waals surface area contributed by atoms with Gasteiger partial charge in [-0.15, -0.1) is 0 Å². The van der Waals surface area contributed by atoms with Gasteiger partial charge in [-0.2, -0.15) is 0 Å². The molecule has 0 aliphatic carbocycles. The summed E-state index contributed by atoms with van der Waals surface area (Å²) in [5, 5.41) is 4.38. The summed E-state index contributed by atoms with van der Waals surface area (Å²) in [7, 11) is 3.35. The van der Waals surface area contributed by atoms with Gasteiger partial charge < -0.3 is 18.9 Å². The van der Waals surface area contributed by atoms with Gasteiger partial charge in [0.15, 0.2) is 0 Å². The molecule has 0 heterocycles. The molecule has 0 aromatic heterocycles.